The summed E-state index contributed by atoms with van der Waals surface area (Å²) >= 11 is 2.92. The first-order chi connectivity index (χ1) is 8.47. The zero-order valence-corrected chi connectivity index (χ0v) is 11.2. The van der Waals surface area contributed by atoms with Gasteiger partial charge in [0.1, 0.15) is 11.6 Å². The summed E-state index contributed by atoms with van der Waals surface area (Å²) in [4.78, 5) is 0. The smallest absolute Gasteiger partial charge is 0.147 e. The molecule has 2 rings (SSSR count). The number of anilines is 3. The van der Waals surface area contributed by atoms with Gasteiger partial charge >= 0.3 is 0 Å². The van der Waals surface area contributed by atoms with E-state index >= 15 is 0 Å². The van der Waals surface area contributed by atoms with Crippen molar-refractivity contribution in [2.45, 2.75) is 6.92 Å². The Balaban J connectivity index is 2.40. The van der Waals surface area contributed by atoms with Crippen molar-refractivity contribution in [2.75, 3.05) is 11.1 Å². The molecule has 0 unspecified atom stereocenters. The van der Waals surface area contributed by atoms with Gasteiger partial charge in [0.2, 0.25) is 0 Å². The van der Waals surface area contributed by atoms with Crippen LogP contribution in [0.15, 0.2) is 34.8 Å². The highest BCUT2D eigenvalue weighted by Gasteiger charge is 2.09. The van der Waals surface area contributed by atoms with Crippen LogP contribution in [0, 0.1) is 18.6 Å². The number of hydrogen-bond acceptors (Lipinski definition) is 2. The normalized spacial score (nSPS) is 10.4. The van der Waals surface area contributed by atoms with E-state index in [0.717, 1.165) is 17.7 Å². The summed E-state index contributed by atoms with van der Waals surface area (Å²) in [7, 11) is 0. The van der Waals surface area contributed by atoms with E-state index in [1.807, 2.05) is 13.0 Å². The fraction of sp³-hybridized carbons (Fsp3) is 0.0769. The highest BCUT2D eigenvalue weighted by molar-refractivity contribution is 9.10. The lowest BCUT2D eigenvalue weighted by Crippen LogP contribution is -1.99. The molecule has 0 aliphatic heterocycles. The lowest BCUT2D eigenvalue weighted by molar-refractivity contribution is 0.598. The molecule has 3 N–H and O–H groups in total. The Morgan fingerprint density at radius 3 is 2.50 bits per heavy atom. The number of nitrogens with one attached hydrogen (secondary N) is 1. The largest absolute Gasteiger partial charge is 0.397 e. The second kappa shape index (κ2) is 4.94. The van der Waals surface area contributed by atoms with Crippen LogP contribution < -0.4 is 11.1 Å². The summed E-state index contributed by atoms with van der Waals surface area (Å²) in [6.45, 7) is 1.89. The number of benzene rings is 2. The highest BCUT2D eigenvalue weighted by Crippen LogP contribution is 2.29. The summed E-state index contributed by atoms with van der Waals surface area (Å²) in [5, 5.41) is 2.79. The third-order valence-electron chi connectivity index (χ3n) is 2.49. The predicted molar refractivity (Wildman–Crippen MR) is 72.9 cm³/mol. The minimum absolute atomic E-state index is 0.0491. The SMILES string of the molecule is Cc1ccc(N)c(Nc2cc(F)c(Br)cc2F)c1. The summed E-state index contributed by atoms with van der Waals surface area (Å²) < 4.78 is 27.1. The van der Waals surface area contributed by atoms with Crippen LogP contribution in [0.3, 0.4) is 0 Å². The average Bonchev–Trinajstić information content (AvgIpc) is 2.30. The van der Waals surface area contributed by atoms with Crippen molar-refractivity contribution in [1.82, 2.24) is 0 Å². The lowest BCUT2D eigenvalue weighted by Gasteiger charge is -2.11. The van der Waals surface area contributed by atoms with Crippen molar-refractivity contribution in [1.29, 1.82) is 0 Å². The van der Waals surface area contributed by atoms with E-state index in [0.29, 0.717) is 11.4 Å². The maximum absolute atomic E-state index is 13.6. The molecule has 2 aromatic rings. The van der Waals surface area contributed by atoms with Crippen LogP contribution in [0.25, 0.3) is 0 Å². The Morgan fingerprint density at radius 2 is 1.78 bits per heavy atom. The first-order valence-electron chi connectivity index (χ1n) is 5.25. The molecule has 0 saturated carbocycles. The molecule has 0 aliphatic rings. The Hall–Kier alpha value is -1.62. The summed E-state index contributed by atoms with van der Waals surface area (Å²) in [6.07, 6.45) is 0. The van der Waals surface area contributed by atoms with E-state index < -0.39 is 11.6 Å². The first kappa shape index (κ1) is 12.8. The third-order valence-corrected chi connectivity index (χ3v) is 3.10. The van der Waals surface area contributed by atoms with Crippen LogP contribution in [0.5, 0.6) is 0 Å². The molecule has 2 aromatic carbocycles. The van der Waals surface area contributed by atoms with Crippen LogP contribution in [0.4, 0.5) is 25.8 Å². The maximum Gasteiger partial charge on any atom is 0.147 e. The van der Waals surface area contributed by atoms with Gasteiger partial charge < -0.3 is 11.1 Å². The molecule has 18 heavy (non-hydrogen) atoms. The van der Waals surface area contributed by atoms with Gasteiger partial charge in [-0.05, 0) is 46.6 Å². The number of nitrogens with two attached hydrogens (primary N) is 1. The fourth-order valence-corrected chi connectivity index (χ4v) is 1.86. The van der Waals surface area contributed by atoms with Gasteiger partial charge in [0, 0.05) is 6.07 Å². The lowest BCUT2D eigenvalue weighted by atomic mass is 10.2. The number of hydrogen-bond donors (Lipinski definition) is 2. The number of halogens is 3. The van der Waals surface area contributed by atoms with E-state index in [1.165, 1.54) is 0 Å². The molecule has 0 fully saturated rings. The molecule has 2 nitrogen and oxygen atoms in total. The van der Waals surface area contributed by atoms with Crippen molar-refractivity contribution in [3.63, 3.8) is 0 Å². The summed E-state index contributed by atoms with van der Waals surface area (Å²) in [5.74, 6) is -1.09. The fourth-order valence-electron chi connectivity index (χ4n) is 1.54. The highest BCUT2D eigenvalue weighted by atomic mass is 79.9. The van der Waals surface area contributed by atoms with E-state index in [-0.39, 0.29) is 10.2 Å². The Morgan fingerprint density at radius 1 is 1.06 bits per heavy atom. The van der Waals surface area contributed by atoms with Gasteiger partial charge in [-0.2, -0.15) is 0 Å². The van der Waals surface area contributed by atoms with Crippen molar-refractivity contribution < 1.29 is 8.78 Å². The van der Waals surface area contributed by atoms with E-state index in [9.17, 15) is 8.78 Å². The number of rotatable bonds is 2. The Labute approximate surface area is 112 Å². The second-order valence-electron chi connectivity index (χ2n) is 3.96. The molecule has 0 spiro atoms. The summed E-state index contributed by atoms with van der Waals surface area (Å²) in [5.41, 5.74) is 7.82. The van der Waals surface area contributed by atoms with Crippen LogP contribution in [-0.4, -0.2) is 0 Å². The molecule has 0 saturated heterocycles. The molecule has 0 aliphatic carbocycles. The van der Waals surface area contributed by atoms with Gasteiger partial charge in [-0.15, -0.1) is 0 Å². The van der Waals surface area contributed by atoms with Gasteiger partial charge in [-0.25, -0.2) is 8.78 Å². The van der Waals surface area contributed by atoms with Crippen molar-refractivity contribution in [3.8, 4) is 0 Å². The second-order valence-corrected chi connectivity index (χ2v) is 4.82. The van der Waals surface area contributed by atoms with Crippen LogP contribution in [-0.2, 0) is 0 Å². The van der Waals surface area contributed by atoms with Crippen LogP contribution >= 0.6 is 15.9 Å². The van der Waals surface area contributed by atoms with Gasteiger partial charge in [0.15, 0.2) is 0 Å². The van der Waals surface area contributed by atoms with Gasteiger partial charge in [0.25, 0.3) is 0 Å². The number of aryl methyl sites for hydroxylation is 1. The molecular formula is C13H11BrF2N2. The van der Waals surface area contributed by atoms with Crippen molar-refractivity contribution in [2.24, 2.45) is 0 Å². The van der Waals surface area contributed by atoms with Gasteiger partial charge in [-0.3, -0.25) is 0 Å². The molecule has 94 valence electrons. The predicted octanol–water partition coefficient (Wildman–Crippen LogP) is 4.36. The molecule has 0 bridgehead atoms. The van der Waals surface area contributed by atoms with E-state index in [1.54, 1.807) is 12.1 Å². The molecule has 0 radical (unpaired) electrons. The van der Waals surface area contributed by atoms with E-state index in [2.05, 4.69) is 21.2 Å². The summed E-state index contributed by atoms with van der Waals surface area (Å²) in [6, 6.07) is 7.49. The Bertz CT molecular complexity index is 600. The van der Waals surface area contributed by atoms with Crippen LogP contribution in [0.2, 0.25) is 0 Å². The minimum Gasteiger partial charge on any atom is -0.397 e. The minimum atomic E-state index is -0.552. The zero-order chi connectivity index (χ0) is 13.3. The number of nitrogen functional groups attached to an aromatic ring is 1. The quantitative estimate of drug-likeness (QED) is 0.638. The molecule has 0 heterocycles. The molecule has 0 amide bonds. The molecule has 0 atom stereocenters. The standard InChI is InChI=1S/C13H11BrF2N2/c1-7-2-3-11(17)13(4-7)18-12-6-9(15)8(14)5-10(12)16/h2-6,18H,17H2,1H3. The molecule has 0 aromatic heterocycles. The van der Waals surface area contributed by atoms with Crippen LogP contribution in [0.1, 0.15) is 5.56 Å². The average molecular weight is 313 g/mol. The first-order valence-corrected chi connectivity index (χ1v) is 6.04. The monoisotopic (exact) mass is 312 g/mol. The van der Waals surface area contributed by atoms with Crippen molar-refractivity contribution >= 4 is 33.0 Å². The molecule has 5 heteroatoms. The van der Waals surface area contributed by atoms with Crippen molar-refractivity contribution in [3.05, 3.63) is 52.0 Å². The van der Waals surface area contributed by atoms with Gasteiger partial charge in [-0.1, -0.05) is 6.07 Å². The maximum atomic E-state index is 13.6. The topological polar surface area (TPSA) is 38.0 Å². The van der Waals surface area contributed by atoms with Gasteiger partial charge in [0.05, 0.1) is 21.5 Å². The zero-order valence-electron chi connectivity index (χ0n) is 9.60. The van der Waals surface area contributed by atoms with E-state index in [4.69, 9.17) is 5.73 Å². The third kappa shape index (κ3) is 2.61. The molecular weight excluding hydrogens is 302 g/mol. The Kier molecular flexibility index (Phi) is 3.52.